The second-order valence-corrected chi connectivity index (χ2v) is 10.5. The molecule has 11 heteroatoms. The van der Waals surface area contributed by atoms with E-state index < -0.39 is 20.2 Å². The molecule has 9 nitrogen and oxygen atoms in total. The number of carbonyl (C=O) groups is 1. The van der Waals surface area contributed by atoms with Gasteiger partial charge in [0.1, 0.15) is 9.79 Å². The van der Waals surface area contributed by atoms with Crippen LogP contribution >= 0.6 is 0 Å². The highest BCUT2D eigenvalue weighted by Gasteiger charge is 2.16. The molecule has 0 amide bonds. The van der Waals surface area contributed by atoms with Crippen molar-refractivity contribution in [1.82, 2.24) is 0 Å². The molecule has 0 aliphatic carbocycles. The Hall–Kier alpha value is -4.03. The third-order valence-electron chi connectivity index (χ3n) is 5.18. The molecular formula is C25H20N2O7S2. The maximum absolute atomic E-state index is 12.9. The molecule has 4 aromatic carbocycles. The Labute approximate surface area is 207 Å². The Morgan fingerprint density at radius 2 is 0.861 bits per heavy atom. The number of rotatable bonds is 8. The van der Waals surface area contributed by atoms with E-state index in [4.69, 9.17) is 0 Å². The average Bonchev–Trinajstić information content (AvgIpc) is 2.84. The van der Waals surface area contributed by atoms with Crippen molar-refractivity contribution in [3.8, 4) is 0 Å². The highest BCUT2D eigenvalue weighted by atomic mass is 32.2. The van der Waals surface area contributed by atoms with Crippen LogP contribution in [0, 0.1) is 0 Å². The molecule has 0 aliphatic heterocycles. The monoisotopic (exact) mass is 524 g/mol. The van der Waals surface area contributed by atoms with Gasteiger partial charge >= 0.3 is 0 Å². The molecule has 0 saturated carbocycles. The van der Waals surface area contributed by atoms with Gasteiger partial charge < -0.3 is 10.6 Å². The third kappa shape index (κ3) is 5.78. The highest BCUT2D eigenvalue weighted by molar-refractivity contribution is 7.86. The van der Waals surface area contributed by atoms with Crippen molar-refractivity contribution in [2.24, 2.45) is 0 Å². The van der Waals surface area contributed by atoms with Crippen LogP contribution in [0.2, 0.25) is 0 Å². The van der Waals surface area contributed by atoms with Crippen LogP contribution in [0.1, 0.15) is 15.9 Å². The smallest absolute Gasteiger partial charge is 0.296 e. The Morgan fingerprint density at radius 3 is 1.19 bits per heavy atom. The van der Waals surface area contributed by atoms with Gasteiger partial charge in [-0.2, -0.15) is 16.8 Å². The summed E-state index contributed by atoms with van der Waals surface area (Å²) in [6.45, 7) is 0. The Morgan fingerprint density at radius 1 is 0.528 bits per heavy atom. The molecule has 0 unspecified atom stereocenters. The average molecular weight is 525 g/mol. The summed E-state index contributed by atoms with van der Waals surface area (Å²) in [7, 11) is -8.82. The first-order chi connectivity index (χ1) is 17.0. The lowest BCUT2D eigenvalue weighted by atomic mass is 10.0. The summed E-state index contributed by atoms with van der Waals surface area (Å²) < 4.78 is 65.0. The molecule has 0 aliphatic rings. The van der Waals surface area contributed by atoms with E-state index in [9.17, 15) is 30.7 Å². The van der Waals surface area contributed by atoms with Gasteiger partial charge in [0, 0.05) is 22.5 Å². The summed E-state index contributed by atoms with van der Waals surface area (Å²) in [4.78, 5) is 12.4. The second-order valence-electron chi connectivity index (χ2n) is 7.68. The van der Waals surface area contributed by atoms with Crippen molar-refractivity contribution in [2.75, 3.05) is 10.6 Å². The predicted octanol–water partition coefficient (Wildman–Crippen LogP) is 4.90. The molecule has 4 N–H and O–H groups in total. The van der Waals surface area contributed by atoms with Gasteiger partial charge in [0.2, 0.25) is 0 Å². The van der Waals surface area contributed by atoms with Gasteiger partial charge in [-0.05, 0) is 72.8 Å². The molecule has 0 radical (unpaired) electrons. The number of anilines is 4. The van der Waals surface area contributed by atoms with Crippen LogP contribution in [0.5, 0.6) is 0 Å². The lowest BCUT2D eigenvalue weighted by Crippen LogP contribution is -2.04. The van der Waals surface area contributed by atoms with Gasteiger partial charge in [0.05, 0.1) is 11.4 Å². The van der Waals surface area contributed by atoms with Gasteiger partial charge in [0.25, 0.3) is 20.2 Å². The van der Waals surface area contributed by atoms with Crippen molar-refractivity contribution in [3.63, 3.8) is 0 Å². The molecule has 0 fully saturated rings. The summed E-state index contributed by atoms with van der Waals surface area (Å²) >= 11 is 0. The van der Waals surface area contributed by atoms with E-state index in [1.165, 1.54) is 36.4 Å². The van der Waals surface area contributed by atoms with Crippen LogP contribution in [-0.4, -0.2) is 31.7 Å². The minimum absolute atomic E-state index is 0.192. The largest absolute Gasteiger partial charge is 0.354 e. The Balaban J connectivity index is 1.49. The quantitative estimate of drug-likeness (QED) is 0.186. The molecule has 0 spiro atoms. The molecule has 0 heterocycles. The van der Waals surface area contributed by atoms with Gasteiger partial charge in [0.15, 0.2) is 5.78 Å². The van der Waals surface area contributed by atoms with Crippen LogP contribution in [0.25, 0.3) is 0 Å². The summed E-state index contributed by atoms with van der Waals surface area (Å²) in [5.41, 5.74) is 2.19. The molecule has 36 heavy (non-hydrogen) atoms. The van der Waals surface area contributed by atoms with E-state index in [2.05, 4.69) is 10.6 Å². The standard InChI is InChI=1S/C25H20N2O7S2/c28-25(17-9-13-19(14-10-17)26-21-5-1-3-7-23(21)35(29,30)31)18-11-15-20(16-12-18)27-22-6-2-4-8-24(22)36(32,33)34/h1-16,26-27H,(H,29,30,31)(H,32,33,34). The summed E-state index contributed by atoms with van der Waals surface area (Å²) in [5.74, 6) is -0.259. The number of hydrogen-bond donors (Lipinski definition) is 4. The number of para-hydroxylation sites is 2. The van der Waals surface area contributed by atoms with Crippen LogP contribution in [0.15, 0.2) is 107 Å². The first kappa shape index (κ1) is 25.1. The van der Waals surface area contributed by atoms with Crippen LogP contribution < -0.4 is 10.6 Å². The van der Waals surface area contributed by atoms with Gasteiger partial charge in [-0.3, -0.25) is 13.9 Å². The molecule has 4 aromatic rings. The fourth-order valence-corrected chi connectivity index (χ4v) is 4.77. The first-order valence-electron chi connectivity index (χ1n) is 10.4. The third-order valence-corrected chi connectivity index (χ3v) is 7.01. The van der Waals surface area contributed by atoms with Crippen molar-refractivity contribution in [3.05, 3.63) is 108 Å². The van der Waals surface area contributed by atoms with E-state index in [1.807, 2.05) is 0 Å². The first-order valence-corrected chi connectivity index (χ1v) is 13.3. The van der Waals surface area contributed by atoms with E-state index >= 15 is 0 Å². The van der Waals surface area contributed by atoms with Gasteiger partial charge in [-0.25, -0.2) is 0 Å². The minimum atomic E-state index is -4.41. The number of ketones is 1. The summed E-state index contributed by atoms with van der Waals surface area (Å²) in [5, 5.41) is 5.82. The Bertz CT molecular complexity index is 1510. The van der Waals surface area contributed by atoms with E-state index in [-0.39, 0.29) is 26.9 Å². The zero-order valence-corrected chi connectivity index (χ0v) is 20.1. The van der Waals surface area contributed by atoms with Crippen molar-refractivity contribution < 1.29 is 30.7 Å². The molecule has 0 aromatic heterocycles. The van der Waals surface area contributed by atoms with Crippen molar-refractivity contribution in [1.29, 1.82) is 0 Å². The molecule has 0 saturated heterocycles. The lowest BCUT2D eigenvalue weighted by molar-refractivity contribution is 0.103. The number of hydrogen-bond acceptors (Lipinski definition) is 7. The topological polar surface area (TPSA) is 150 Å². The molecule has 0 atom stereocenters. The van der Waals surface area contributed by atoms with Crippen LogP contribution in [-0.2, 0) is 20.2 Å². The highest BCUT2D eigenvalue weighted by Crippen LogP contribution is 2.27. The minimum Gasteiger partial charge on any atom is -0.354 e. The molecule has 4 rings (SSSR count). The fraction of sp³-hybridized carbons (Fsp3) is 0. The van der Waals surface area contributed by atoms with E-state index in [1.54, 1.807) is 60.7 Å². The zero-order chi connectivity index (χ0) is 25.9. The molecule has 0 bridgehead atoms. The van der Waals surface area contributed by atoms with Crippen LogP contribution in [0.4, 0.5) is 22.7 Å². The van der Waals surface area contributed by atoms with Crippen LogP contribution in [0.3, 0.4) is 0 Å². The predicted molar refractivity (Wildman–Crippen MR) is 135 cm³/mol. The number of benzene rings is 4. The van der Waals surface area contributed by atoms with Gasteiger partial charge in [-0.1, -0.05) is 24.3 Å². The molecular weight excluding hydrogens is 504 g/mol. The zero-order valence-electron chi connectivity index (χ0n) is 18.5. The van der Waals surface area contributed by atoms with E-state index in [0.717, 1.165) is 0 Å². The van der Waals surface area contributed by atoms with Crippen molar-refractivity contribution in [2.45, 2.75) is 9.79 Å². The second kappa shape index (κ2) is 9.91. The fourth-order valence-electron chi connectivity index (χ4n) is 3.48. The maximum atomic E-state index is 12.9. The van der Waals surface area contributed by atoms with Crippen molar-refractivity contribution >= 4 is 48.8 Å². The summed E-state index contributed by atoms with van der Waals surface area (Å²) in [6, 6.07) is 24.5. The number of nitrogens with one attached hydrogen (secondary N) is 2. The Kier molecular flexibility index (Phi) is 6.91. The maximum Gasteiger partial charge on any atom is 0.296 e. The lowest BCUT2D eigenvalue weighted by Gasteiger charge is -2.11. The van der Waals surface area contributed by atoms with Gasteiger partial charge in [-0.15, -0.1) is 0 Å². The summed E-state index contributed by atoms with van der Waals surface area (Å²) in [6.07, 6.45) is 0. The normalized spacial score (nSPS) is 11.6. The SMILES string of the molecule is O=C(c1ccc(Nc2ccccc2S(=O)(=O)O)cc1)c1ccc(Nc2ccccc2S(=O)(=O)O)cc1. The van der Waals surface area contributed by atoms with E-state index in [0.29, 0.717) is 22.5 Å². The number of carbonyl (C=O) groups excluding carboxylic acids is 1. The molecule has 184 valence electrons.